The SMILES string of the molecule is CC(C)Cc1nc(C(F)(F)F)cn1-c1ccc(-c2cccc(S(C)(=O)=O)c2)cc1. The molecule has 0 spiro atoms. The summed E-state index contributed by atoms with van der Waals surface area (Å²) >= 11 is 0. The fourth-order valence-electron chi connectivity index (χ4n) is 3.01. The van der Waals surface area contributed by atoms with Crippen molar-refractivity contribution < 1.29 is 21.6 Å². The molecule has 0 fully saturated rings. The number of aromatic nitrogens is 2. The number of halogens is 3. The Morgan fingerprint density at radius 1 is 1.03 bits per heavy atom. The van der Waals surface area contributed by atoms with E-state index in [1.165, 1.54) is 10.6 Å². The van der Waals surface area contributed by atoms with Gasteiger partial charge in [-0.1, -0.05) is 38.1 Å². The zero-order chi connectivity index (χ0) is 21.4. The normalized spacial score (nSPS) is 12.5. The molecule has 29 heavy (non-hydrogen) atoms. The summed E-state index contributed by atoms with van der Waals surface area (Å²) in [5.41, 5.74) is 1.12. The molecule has 1 heterocycles. The monoisotopic (exact) mass is 422 g/mol. The highest BCUT2D eigenvalue weighted by molar-refractivity contribution is 7.90. The van der Waals surface area contributed by atoms with Gasteiger partial charge in [-0.3, -0.25) is 0 Å². The second-order valence-electron chi connectivity index (χ2n) is 7.35. The van der Waals surface area contributed by atoms with E-state index in [1.54, 1.807) is 42.5 Å². The lowest BCUT2D eigenvalue weighted by Crippen LogP contribution is -2.06. The molecule has 0 aliphatic carbocycles. The third-order valence-electron chi connectivity index (χ3n) is 4.40. The number of benzene rings is 2. The number of hydrogen-bond donors (Lipinski definition) is 0. The van der Waals surface area contributed by atoms with Gasteiger partial charge in [0.1, 0.15) is 5.82 Å². The van der Waals surface area contributed by atoms with E-state index in [4.69, 9.17) is 0 Å². The zero-order valence-corrected chi connectivity index (χ0v) is 17.1. The predicted octanol–water partition coefficient (Wildman–Crippen LogP) is 5.16. The molecule has 154 valence electrons. The van der Waals surface area contributed by atoms with Gasteiger partial charge in [0.25, 0.3) is 0 Å². The van der Waals surface area contributed by atoms with Crippen LogP contribution in [0.1, 0.15) is 25.4 Å². The first-order valence-electron chi connectivity index (χ1n) is 9.01. The van der Waals surface area contributed by atoms with E-state index in [0.29, 0.717) is 23.5 Å². The molecule has 0 radical (unpaired) electrons. The number of nitrogens with zero attached hydrogens (tertiary/aromatic N) is 2. The number of hydrogen-bond acceptors (Lipinski definition) is 3. The standard InChI is InChI=1S/C21H21F3N2O2S/c1-14(2)11-20-25-19(21(22,23)24)13-26(20)17-9-7-15(8-10-17)16-5-4-6-18(12-16)29(3,27)28/h4-10,12-14H,11H2,1-3H3. The van der Waals surface area contributed by atoms with Crippen molar-refractivity contribution in [1.29, 1.82) is 0 Å². The van der Waals surface area contributed by atoms with Crippen LogP contribution < -0.4 is 0 Å². The maximum Gasteiger partial charge on any atom is 0.434 e. The molecule has 0 bridgehead atoms. The van der Waals surface area contributed by atoms with Crippen molar-refractivity contribution >= 4 is 9.84 Å². The van der Waals surface area contributed by atoms with Gasteiger partial charge in [-0.2, -0.15) is 13.2 Å². The third kappa shape index (κ3) is 4.87. The molecular formula is C21H21F3N2O2S. The van der Waals surface area contributed by atoms with Crippen LogP contribution >= 0.6 is 0 Å². The van der Waals surface area contributed by atoms with E-state index in [2.05, 4.69) is 4.98 Å². The zero-order valence-electron chi connectivity index (χ0n) is 16.2. The van der Waals surface area contributed by atoms with Crippen LogP contribution in [0, 0.1) is 5.92 Å². The first-order valence-corrected chi connectivity index (χ1v) is 10.9. The van der Waals surface area contributed by atoms with E-state index in [9.17, 15) is 21.6 Å². The summed E-state index contributed by atoms with van der Waals surface area (Å²) in [6.45, 7) is 3.84. The van der Waals surface area contributed by atoms with Gasteiger partial charge in [0.2, 0.25) is 0 Å². The maximum absolute atomic E-state index is 13.1. The Labute approximate surface area is 167 Å². The summed E-state index contributed by atoms with van der Waals surface area (Å²) in [6, 6.07) is 13.5. The predicted molar refractivity (Wildman–Crippen MR) is 106 cm³/mol. The van der Waals surface area contributed by atoms with Gasteiger partial charge >= 0.3 is 6.18 Å². The molecule has 0 unspecified atom stereocenters. The van der Waals surface area contributed by atoms with Crippen LogP contribution in [-0.4, -0.2) is 24.2 Å². The molecule has 3 aromatic rings. The number of alkyl halides is 3. The average molecular weight is 422 g/mol. The Bertz CT molecular complexity index is 1120. The lowest BCUT2D eigenvalue weighted by molar-refractivity contribution is -0.141. The van der Waals surface area contributed by atoms with E-state index in [-0.39, 0.29) is 10.8 Å². The Morgan fingerprint density at radius 2 is 1.69 bits per heavy atom. The first kappa shape index (κ1) is 21.1. The molecular weight excluding hydrogens is 401 g/mol. The summed E-state index contributed by atoms with van der Waals surface area (Å²) in [4.78, 5) is 4.00. The Kier molecular flexibility index (Phi) is 5.58. The molecule has 1 aromatic heterocycles. The highest BCUT2D eigenvalue weighted by Gasteiger charge is 2.35. The number of rotatable bonds is 5. The third-order valence-corrected chi connectivity index (χ3v) is 5.51. The molecule has 0 aliphatic heterocycles. The van der Waals surface area contributed by atoms with Crippen molar-refractivity contribution in [3.8, 4) is 16.8 Å². The molecule has 2 aromatic carbocycles. The Hall–Kier alpha value is -2.61. The molecule has 0 N–H and O–H groups in total. The Balaban J connectivity index is 2.00. The molecule has 0 saturated heterocycles. The topological polar surface area (TPSA) is 52.0 Å². The summed E-state index contributed by atoms with van der Waals surface area (Å²) in [5, 5.41) is 0. The van der Waals surface area contributed by atoms with E-state index in [0.717, 1.165) is 18.0 Å². The minimum absolute atomic E-state index is 0.148. The summed E-state index contributed by atoms with van der Waals surface area (Å²) < 4.78 is 64.4. The van der Waals surface area contributed by atoms with Crippen molar-refractivity contribution in [3.63, 3.8) is 0 Å². The second-order valence-corrected chi connectivity index (χ2v) is 9.37. The second kappa shape index (κ2) is 7.67. The molecule has 4 nitrogen and oxygen atoms in total. The van der Waals surface area contributed by atoms with Crippen molar-refractivity contribution in [1.82, 2.24) is 9.55 Å². The van der Waals surface area contributed by atoms with Crippen LogP contribution in [0.5, 0.6) is 0 Å². The van der Waals surface area contributed by atoms with Crippen LogP contribution in [-0.2, 0) is 22.4 Å². The van der Waals surface area contributed by atoms with Crippen molar-refractivity contribution in [2.75, 3.05) is 6.26 Å². The molecule has 3 rings (SSSR count). The molecule has 0 saturated carbocycles. The van der Waals surface area contributed by atoms with Gasteiger partial charge in [0.05, 0.1) is 4.90 Å². The maximum atomic E-state index is 13.1. The van der Waals surface area contributed by atoms with Crippen LogP contribution in [0.3, 0.4) is 0 Å². The van der Waals surface area contributed by atoms with Gasteiger partial charge in [0, 0.05) is 24.6 Å². The smallest absolute Gasteiger partial charge is 0.303 e. The lowest BCUT2D eigenvalue weighted by Gasteiger charge is -2.11. The molecule has 0 aliphatic rings. The van der Waals surface area contributed by atoms with Crippen molar-refractivity contribution in [2.24, 2.45) is 5.92 Å². The Morgan fingerprint density at radius 3 is 2.24 bits per heavy atom. The van der Waals surface area contributed by atoms with Crippen LogP contribution in [0.4, 0.5) is 13.2 Å². The largest absolute Gasteiger partial charge is 0.434 e. The van der Waals surface area contributed by atoms with Gasteiger partial charge in [0.15, 0.2) is 15.5 Å². The lowest BCUT2D eigenvalue weighted by atomic mass is 10.1. The number of sulfone groups is 1. The molecule has 0 amide bonds. The van der Waals surface area contributed by atoms with E-state index < -0.39 is 21.7 Å². The summed E-state index contributed by atoms with van der Waals surface area (Å²) in [5.74, 6) is 0.495. The van der Waals surface area contributed by atoms with Crippen molar-refractivity contribution in [2.45, 2.75) is 31.3 Å². The van der Waals surface area contributed by atoms with E-state index >= 15 is 0 Å². The molecule has 8 heteroatoms. The molecule has 0 atom stereocenters. The van der Waals surface area contributed by atoms with Gasteiger partial charge < -0.3 is 4.57 Å². The highest BCUT2D eigenvalue weighted by atomic mass is 32.2. The van der Waals surface area contributed by atoms with Crippen LogP contribution in [0.2, 0.25) is 0 Å². The summed E-state index contributed by atoms with van der Waals surface area (Å²) in [7, 11) is -3.33. The van der Waals surface area contributed by atoms with Gasteiger partial charge in [-0.15, -0.1) is 0 Å². The highest BCUT2D eigenvalue weighted by Crippen LogP contribution is 2.31. The average Bonchev–Trinajstić information content (AvgIpc) is 3.05. The minimum Gasteiger partial charge on any atom is -0.303 e. The van der Waals surface area contributed by atoms with Gasteiger partial charge in [-0.05, 0) is 41.3 Å². The summed E-state index contributed by atoms with van der Waals surface area (Å²) in [6.07, 6.45) is -1.95. The minimum atomic E-state index is -4.51. The van der Waals surface area contributed by atoms with Gasteiger partial charge in [-0.25, -0.2) is 13.4 Å². The van der Waals surface area contributed by atoms with Crippen LogP contribution in [0.25, 0.3) is 16.8 Å². The van der Waals surface area contributed by atoms with Crippen molar-refractivity contribution in [3.05, 3.63) is 66.2 Å². The quantitative estimate of drug-likeness (QED) is 0.571. The number of imidazole rings is 1. The van der Waals surface area contributed by atoms with E-state index in [1.807, 2.05) is 13.8 Å². The fourth-order valence-corrected chi connectivity index (χ4v) is 3.68. The fraction of sp³-hybridized carbons (Fsp3) is 0.286. The first-order chi connectivity index (χ1) is 13.4. The van der Waals surface area contributed by atoms with Crippen LogP contribution in [0.15, 0.2) is 59.6 Å².